The van der Waals surface area contributed by atoms with Gasteiger partial charge in [0.1, 0.15) is 17.5 Å². The molecule has 0 bridgehead atoms. The summed E-state index contributed by atoms with van der Waals surface area (Å²) in [5.41, 5.74) is 7.61. The average Bonchev–Trinajstić information content (AvgIpc) is 2.67. The quantitative estimate of drug-likeness (QED) is 0.604. The number of carbonyl (C=O) groups is 2. The van der Waals surface area contributed by atoms with Gasteiger partial charge < -0.3 is 15.8 Å². The molecule has 0 fully saturated rings. The SMILES string of the molecule is Cc1cccc(Oc2ccc(N[C@H](C(=O)NC(N)=O)c3ccccc3)cc2)c1. The largest absolute Gasteiger partial charge is 0.457 e. The minimum Gasteiger partial charge on any atom is -0.457 e. The lowest BCUT2D eigenvalue weighted by Gasteiger charge is -2.19. The van der Waals surface area contributed by atoms with Gasteiger partial charge >= 0.3 is 6.03 Å². The first-order chi connectivity index (χ1) is 13.5. The van der Waals surface area contributed by atoms with E-state index in [1.54, 1.807) is 36.4 Å². The Hall–Kier alpha value is -3.80. The summed E-state index contributed by atoms with van der Waals surface area (Å²) in [6.07, 6.45) is 0. The number of amides is 3. The third kappa shape index (κ3) is 5.11. The lowest BCUT2D eigenvalue weighted by Crippen LogP contribution is -2.40. The predicted molar refractivity (Wildman–Crippen MR) is 108 cm³/mol. The molecule has 0 saturated heterocycles. The molecule has 0 heterocycles. The van der Waals surface area contributed by atoms with E-state index in [0.717, 1.165) is 11.3 Å². The molecule has 6 nitrogen and oxygen atoms in total. The molecule has 0 aliphatic carbocycles. The second-order valence-electron chi connectivity index (χ2n) is 6.28. The molecule has 3 aromatic rings. The van der Waals surface area contributed by atoms with Gasteiger partial charge in [0.15, 0.2) is 0 Å². The van der Waals surface area contributed by atoms with E-state index in [1.807, 2.05) is 49.4 Å². The topological polar surface area (TPSA) is 93.4 Å². The molecule has 1 atom stereocenters. The second kappa shape index (κ2) is 8.73. The van der Waals surface area contributed by atoms with E-state index in [-0.39, 0.29) is 0 Å². The van der Waals surface area contributed by atoms with E-state index in [2.05, 4.69) is 10.6 Å². The number of hydrogen-bond donors (Lipinski definition) is 3. The molecule has 142 valence electrons. The first-order valence-electron chi connectivity index (χ1n) is 8.77. The summed E-state index contributed by atoms with van der Waals surface area (Å²) in [4.78, 5) is 23.5. The Labute approximate surface area is 163 Å². The standard InChI is InChI=1S/C22H21N3O3/c1-15-6-5-9-19(14-15)28-18-12-10-17(11-13-18)24-20(21(26)25-22(23)27)16-7-3-2-4-8-16/h2-14,20,24H,1H3,(H3,23,25,26,27)/t20-/m0/s1. The summed E-state index contributed by atoms with van der Waals surface area (Å²) in [6.45, 7) is 2.00. The highest BCUT2D eigenvalue weighted by molar-refractivity contribution is 5.98. The number of ether oxygens (including phenoxy) is 1. The number of aryl methyl sites for hydroxylation is 1. The number of carbonyl (C=O) groups excluding carboxylic acids is 2. The van der Waals surface area contributed by atoms with Gasteiger partial charge in [-0.25, -0.2) is 4.79 Å². The summed E-state index contributed by atoms with van der Waals surface area (Å²) < 4.78 is 5.84. The second-order valence-corrected chi connectivity index (χ2v) is 6.28. The van der Waals surface area contributed by atoms with Crippen LogP contribution in [0.2, 0.25) is 0 Å². The Kier molecular flexibility index (Phi) is 5.91. The van der Waals surface area contributed by atoms with E-state index in [9.17, 15) is 9.59 Å². The Morgan fingerprint density at radius 1 is 0.893 bits per heavy atom. The van der Waals surface area contributed by atoms with E-state index in [0.29, 0.717) is 17.0 Å². The van der Waals surface area contributed by atoms with Gasteiger partial charge in [0, 0.05) is 5.69 Å². The number of nitrogens with two attached hydrogens (primary N) is 1. The Balaban J connectivity index is 1.75. The van der Waals surface area contributed by atoms with Gasteiger partial charge in [-0.05, 0) is 54.4 Å². The average molecular weight is 375 g/mol. The molecular formula is C22H21N3O3. The number of imide groups is 1. The summed E-state index contributed by atoms with van der Waals surface area (Å²) in [5, 5.41) is 5.25. The first-order valence-corrected chi connectivity index (χ1v) is 8.77. The van der Waals surface area contributed by atoms with Crippen LogP contribution in [0.25, 0.3) is 0 Å². The molecule has 0 saturated carbocycles. The van der Waals surface area contributed by atoms with Gasteiger partial charge in [0.25, 0.3) is 5.91 Å². The molecule has 28 heavy (non-hydrogen) atoms. The lowest BCUT2D eigenvalue weighted by atomic mass is 10.1. The monoisotopic (exact) mass is 375 g/mol. The molecule has 0 unspecified atom stereocenters. The lowest BCUT2D eigenvalue weighted by molar-refractivity contribution is -0.120. The number of rotatable bonds is 6. The van der Waals surface area contributed by atoms with Crippen LogP contribution in [0.4, 0.5) is 10.5 Å². The van der Waals surface area contributed by atoms with E-state index in [1.165, 1.54) is 0 Å². The van der Waals surface area contributed by atoms with Crippen molar-refractivity contribution < 1.29 is 14.3 Å². The molecule has 0 aliphatic heterocycles. The van der Waals surface area contributed by atoms with Gasteiger partial charge in [-0.3, -0.25) is 10.1 Å². The van der Waals surface area contributed by atoms with Crippen molar-refractivity contribution in [2.24, 2.45) is 5.73 Å². The summed E-state index contributed by atoms with van der Waals surface area (Å²) in [6, 6.07) is 22.4. The van der Waals surface area contributed by atoms with Gasteiger partial charge in [-0.2, -0.15) is 0 Å². The zero-order valence-corrected chi connectivity index (χ0v) is 15.4. The molecule has 3 amide bonds. The maximum absolute atomic E-state index is 12.4. The Bertz CT molecular complexity index is 956. The summed E-state index contributed by atoms with van der Waals surface area (Å²) >= 11 is 0. The maximum atomic E-state index is 12.4. The highest BCUT2D eigenvalue weighted by atomic mass is 16.5. The number of hydrogen-bond acceptors (Lipinski definition) is 4. The van der Waals surface area contributed by atoms with Crippen LogP contribution in [0, 0.1) is 6.92 Å². The van der Waals surface area contributed by atoms with Crippen LogP contribution in [0.1, 0.15) is 17.2 Å². The van der Waals surface area contributed by atoms with Crippen molar-refractivity contribution in [3.63, 3.8) is 0 Å². The number of primary amides is 1. The zero-order chi connectivity index (χ0) is 19.9. The fourth-order valence-corrected chi connectivity index (χ4v) is 2.74. The van der Waals surface area contributed by atoms with E-state index < -0.39 is 18.0 Å². The maximum Gasteiger partial charge on any atom is 0.318 e. The number of urea groups is 1. The molecule has 0 radical (unpaired) electrons. The molecular weight excluding hydrogens is 354 g/mol. The van der Waals surface area contributed by atoms with Crippen LogP contribution in [-0.2, 0) is 4.79 Å². The van der Waals surface area contributed by atoms with E-state index >= 15 is 0 Å². The molecule has 4 N–H and O–H groups in total. The van der Waals surface area contributed by atoms with E-state index in [4.69, 9.17) is 10.5 Å². The molecule has 3 rings (SSSR count). The van der Waals surface area contributed by atoms with Crippen molar-refractivity contribution >= 4 is 17.6 Å². The zero-order valence-electron chi connectivity index (χ0n) is 15.4. The first kappa shape index (κ1) is 19.0. The highest BCUT2D eigenvalue weighted by Gasteiger charge is 2.21. The van der Waals surface area contributed by atoms with Crippen molar-refractivity contribution in [2.75, 3.05) is 5.32 Å². The normalized spacial score (nSPS) is 11.3. The van der Waals surface area contributed by atoms with Crippen LogP contribution in [-0.4, -0.2) is 11.9 Å². The molecule has 0 spiro atoms. The molecule has 3 aromatic carbocycles. The van der Waals surface area contributed by atoms with Crippen molar-refractivity contribution in [3.05, 3.63) is 90.0 Å². The van der Waals surface area contributed by atoms with Gasteiger partial charge in [0.05, 0.1) is 0 Å². The third-order valence-electron chi connectivity index (χ3n) is 4.03. The van der Waals surface area contributed by atoms with Crippen molar-refractivity contribution in [1.82, 2.24) is 5.32 Å². The van der Waals surface area contributed by atoms with Crippen molar-refractivity contribution in [3.8, 4) is 11.5 Å². The van der Waals surface area contributed by atoms with Crippen LogP contribution in [0.5, 0.6) is 11.5 Å². The molecule has 0 aromatic heterocycles. The number of anilines is 1. The van der Waals surface area contributed by atoms with Crippen LogP contribution < -0.4 is 21.1 Å². The smallest absolute Gasteiger partial charge is 0.318 e. The fourth-order valence-electron chi connectivity index (χ4n) is 2.74. The van der Waals surface area contributed by atoms with Crippen LogP contribution >= 0.6 is 0 Å². The van der Waals surface area contributed by atoms with Crippen LogP contribution in [0.3, 0.4) is 0 Å². The summed E-state index contributed by atoms with van der Waals surface area (Å²) in [7, 11) is 0. The third-order valence-corrected chi connectivity index (χ3v) is 4.03. The van der Waals surface area contributed by atoms with Crippen LogP contribution in [0.15, 0.2) is 78.9 Å². The summed E-state index contributed by atoms with van der Waals surface area (Å²) in [5.74, 6) is 0.900. The van der Waals surface area contributed by atoms with Crippen molar-refractivity contribution in [2.45, 2.75) is 13.0 Å². The molecule has 6 heteroatoms. The number of benzene rings is 3. The Morgan fingerprint density at radius 2 is 1.61 bits per heavy atom. The fraction of sp³-hybridized carbons (Fsp3) is 0.0909. The van der Waals surface area contributed by atoms with Gasteiger partial charge in [-0.1, -0.05) is 42.5 Å². The minimum atomic E-state index is -0.894. The Morgan fingerprint density at radius 3 is 2.25 bits per heavy atom. The minimum absolute atomic E-state index is 0.529. The molecule has 0 aliphatic rings. The van der Waals surface area contributed by atoms with Gasteiger partial charge in [0.2, 0.25) is 0 Å². The predicted octanol–water partition coefficient (Wildman–Crippen LogP) is 4.14. The highest BCUT2D eigenvalue weighted by Crippen LogP contribution is 2.26. The van der Waals surface area contributed by atoms with Gasteiger partial charge in [-0.15, -0.1) is 0 Å². The van der Waals surface area contributed by atoms with Crippen molar-refractivity contribution in [1.29, 1.82) is 0 Å². The number of nitrogens with one attached hydrogen (secondary N) is 2.